The molecule has 1 heterocycles. The summed E-state index contributed by atoms with van der Waals surface area (Å²) < 4.78 is 2.49. The summed E-state index contributed by atoms with van der Waals surface area (Å²) in [4.78, 5) is 24.1. The first-order chi connectivity index (χ1) is 14.9. The number of carbonyl (C=O) groups excluding carboxylic acids is 2. The third-order valence-electron chi connectivity index (χ3n) is 4.95. The summed E-state index contributed by atoms with van der Waals surface area (Å²) in [5.74, 6) is 1.08. The van der Waals surface area contributed by atoms with E-state index in [2.05, 4.69) is 21.8 Å². The topological polar surface area (TPSA) is 49.4 Å². The van der Waals surface area contributed by atoms with Gasteiger partial charge in [-0.15, -0.1) is 0 Å². The molecule has 1 atom stereocenters. The number of hydrogen-bond acceptors (Lipinski definition) is 3. The Kier molecular flexibility index (Phi) is 11.3. The largest absolute Gasteiger partial charge is 0.335 e. The highest BCUT2D eigenvalue weighted by molar-refractivity contribution is 7.97. The minimum Gasteiger partial charge on any atom is -0.335 e. The first-order valence-electron chi connectivity index (χ1n) is 10.5. The average molecular weight is 481 g/mol. The van der Waals surface area contributed by atoms with Crippen molar-refractivity contribution >= 4 is 47.0 Å². The van der Waals surface area contributed by atoms with Crippen molar-refractivity contribution in [3.05, 3.63) is 70.2 Å². The zero-order valence-corrected chi connectivity index (χ0v) is 20.3. The molecule has 7 heteroatoms. The highest BCUT2D eigenvalue weighted by Gasteiger charge is 2.33. The Morgan fingerprint density at radius 2 is 1.65 bits per heavy atom. The molecule has 1 aliphatic heterocycles. The molecule has 0 bridgehead atoms. The van der Waals surface area contributed by atoms with E-state index < -0.39 is 0 Å². The Hall–Kier alpha value is -1.69. The van der Waals surface area contributed by atoms with Gasteiger partial charge in [-0.05, 0) is 61.4 Å². The van der Waals surface area contributed by atoms with Gasteiger partial charge < -0.3 is 9.62 Å². The van der Waals surface area contributed by atoms with Gasteiger partial charge in [-0.2, -0.15) is 0 Å². The number of benzene rings is 2. The molecule has 1 unspecified atom stereocenters. The molecule has 0 radical (unpaired) electrons. The van der Waals surface area contributed by atoms with Gasteiger partial charge in [0.25, 0.3) is 0 Å². The molecular weight excluding hydrogens is 451 g/mol. The van der Waals surface area contributed by atoms with E-state index in [0.29, 0.717) is 5.91 Å². The summed E-state index contributed by atoms with van der Waals surface area (Å²) in [6, 6.07) is 17.7. The lowest BCUT2D eigenvalue weighted by atomic mass is 9.94. The summed E-state index contributed by atoms with van der Waals surface area (Å²) >= 11 is 12.8. The highest BCUT2D eigenvalue weighted by Crippen LogP contribution is 2.37. The van der Waals surface area contributed by atoms with Crippen molar-refractivity contribution in [3.63, 3.8) is 0 Å². The molecule has 1 aliphatic carbocycles. The van der Waals surface area contributed by atoms with E-state index in [4.69, 9.17) is 23.2 Å². The van der Waals surface area contributed by atoms with Crippen molar-refractivity contribution in [1.29, 1.82) is 0 Å². The summed E-state index contributed by atoms with van der Waals surface area (Å²) in [6.45, 7) is 2.43. The lowest BCUT2D eigenvalue weighted by molar-refractivity contribution is -0.136. The monoisotopic (exact) mass is 480 g/mol. The van der Waals surface area contributed by atoms with Gasteiger partial charge in [0.1, 0.15) is 0 Å². The van der Waals surface area contributed by atoms with Crippen LogP contribution < -0.4 is 4.72 Å². The van der Waals surface area contributed by atoms with E-state index in [1.165, 1.54) is 37.3 Å². The van der Waals surface area contributed by atoms with E-state index in [1.54, 1.807) is 6.26 Å². The number of likely N-dealkylation sites (tertiary alicyclic amines) is 1. The molecule has 0 aromatic heterocycles. The maximum atomic E-state index is 12.1. The second-order valence-corrected chi connectivity index (χ2v) is 9.09. The standard InChI is InChI=1S/C15H18ClNO.C6H5Cl.C3H7NOS/c16-13-8-6-12(7-9-13)14-2-1-3-15(18)17(14)10-11-4-5-11;7-6-4-2-1-3-5-6;1-3(5)4-6-2/h6-9,11,14H,1-5,10H2;1-5H;1-2H3,(H,4,5). The number of hydrogen-bond donors (Lipinski definition) is 1. The van der Waals surface area contributed by atoms with Gasteiger partial charge in [0, 0.05) is 36.2 Å². The van der Waals surface area contributed by atoms with Crippen LogP contribution in [0.15, 0.2) is 54.6 Å². The Bertz CT molecular complexity index is 814. The third-order valence-corrected chi connectivity index (χ3v) is 5.95. The van der Waals surface area contributed by atoms with E-state index in [1.807, 2.05) is 42.5 Å². The Morgan fingerprint density at radius 3 is 2.10 bits per heavy atom. The van der Waals surface area contributed by atoms with Gasteiger partial charge in [0.15, 0.2) is 0 Å². The molecule has 1 N–H and O–H groups in total. The Labute approximate surface area is 199 Å². The number of nitrogens with one attached hydrogen (secondary N) is 1. The zero-order chi connectivity index (χ0) is 22.6. The Balaban J connectivity index is 0.000000217. The number of carbonyl (C=O) groups is 2. The van der Waals surface area contributed by atoms with E-state index in [-0.39, 0.29) is 11.9 Å². The molecule has 1 saturated heterocycles. The van der Waals surface area contributed by atoms with Gasteiger partial charge in [-0.3, -0.25) is 9.59 Å². The van der Waals surface area contributed by atoms with Gasteiger partial charge in [-0.25, -0.2) is 0 Å². The molecule has 31 heavy (non-hydrogen) atoms. The summed E-state index contributed by atoms with van der Waals surface area (Å²) in [7, 11) is 0. The fourth-order valence-electron chi connectivity index (χ4n) is 3.32. The number of rotatable bonds is 4. The van der Waals surface area contributed by atoms with Crippen LogP contribution in [0.5, 0.6) is 0 Å². The van der Waals surface area contributed by atoms with Crippen LogP contribution in [0.25, 0.3) is 0 Å². The van der Waals surface area contributed by atoms with Crippen LogP contribution in [-0.4, -0.2) is 29.5 Å². The molecule has 1 saturated carbocycles. The minimum atomic E-state index is 0.00231. The molecule has 168 valence electrons. The quantitative estimate of drug-likeness (QED) is 0.504. The fourth-order valence-corrected chi connectivity index (χ4v) is 3.88. The molecule has 2 aromatic rings. The third kappa shape index (κ3) is 9.98. The second kappa shape index (κ2) is 13.7. The second-order valence-electron chi connectivity index (χ2n) is 7.61. The smallest absolute Gasteiger partial charge is 0.226 e. The predicted octanol–water partition coefficient (Wildman–Crippen LogP) is 6.54. The average Bonchev–Trinajstić information content (AvgIpc) is 3.56. The summed E-state index contributed by atoms with van der Waals surface area (Å²) in [5, 5.41) is 1.55. The van der Waals surface area contributed by atoms with Crippen molar-refractivity contribution in [2.24, 2.45) is 5.92 Å². The SMILES string of the molecule is CSNC(C)=O.Clc1ccccc1.O=C1CCCC(c2ccc(Cl)cc2)N1CC1CC1. The van der Waals surface area contributed by atoms with Gasteiger partial charge >= 0.3 is 0 Å². The van der Waals surface area contributed by atoms with Crippen molar-refractivity contribution in [2.75, 3.05) is 12.8 Å². The van der Waals surface area contributed by atoms with Crippen LogP contribution in [0.2, 0.25) is 10.0 Å². The number of amides is 2. The maximum absolute atomic E-state index is 12.1. The number of nitrogens with zero attached hydrogens (tertiary/aromatic N) is 1. The highest BCUT2D eigenvalue weighted by atomic mass is 35.5. The van der Waals surface area contributed by atoms with Gasteiger partial charge in [0.2, 0.25) is 11.8 Å². The van der Waals surface area contributed by atoms with Crippen LogP contribution in [0.1, 0.15) is 50.6 Å². The molecule has 0 spiro atoms. The minimum absolute atomic E-state index is 0.00231. The maximum Gasteiger partial charge on any atom is 0.226 e. The Morgan fingerprint density at radius 1 is 1.03 bits per heavy atom. The normalized spacial score (nSPS) is 17.6. The van der Waals surface area contributed by atoms with E-state index in [0.717, 1.165) is 41.8 Å². The summed E-state index contributed by atoms with van der Waals surface area (Å²) in [5.41, 5.74) is 1.23. The molecular formula is C24H30Cl2N2O2S. The van der Waals surface area contributed by atoms with Crippen LogP contribution in [0.3, 0.4) is 0 Å². The van der Waals surface area contributed by atoms with Crippen LogP contribution in [0, 0.1) is 5.92 Å². The zero-order valence-electron chi connectivity index (χ0n) is 18.0. The molecule has 2 aromatic carbocycles. The van der Waals surface area contributed by atoms with Gasteiger partial charge in [-0.1, -0.05) is 65.5 Å². The van der Waals surface area contributed by atoms with Crippen LogP contribution in [0.4, 0.5) is 0 Å². The fraction of sp³-hybridized carbons (Fsp3) is 0.417. The number of piperidine rings is 1. The van der Waals surface area contributed by atoms with Crippen LogP contribution in [-0.2, 0) is 9.59 Å². The van der Waals surface area contributed by atoms with Crippen molar-refractivity contribution < 1.29 is 9.59 Å². The lowest BCUT2D eigenvalue weighted by Crippen LogP contribution is -2.39. The molecule has 2 fully saturated rings. The van der Waals surface area contributed by atoms with E-state index in [9.17, 15) is 9.59 Å². The number of halogens is 2. The lowest BCUT2D eigenvalue weighted by Gasteiger charge is -2.36. The van der Waals surface area contributed by atoms with Crippen molar-refractivity contribution in [2.45, 2.75) is 45.1 Å². The van der Waals surface area contributed by atoms with E-state index >= 15 is 0 Å². The first-order valence-corrected chi connectivity index (χ1v) is 12.4. The molecule has 2 amide bonds. The van der Waals surface area contributed by atoms with Gasteiger partial charge in [0.05, 0.1) is 6.04 Å². The predicted molar refractivity (Wildman–Crippen MR) is 131 cm³/mol. The molecule has 4 nitrogen and oxygen atoms in total. The molecule has 2 aliphatic rings. The van der Waals surface area contributed by atoms with Crippen LogP contribution >= 0.6 is 35.1 Å². The first kappa shape index (κ1) is 25.6. The summed E-state index contributed by atoms with van der Waals surface area (Å²) in [6.07, 6.45) is 7.19. The van der Waals surface area contributed by atoms with Crippen molar-refractivity contribution in [1.82, 2.24) is 9.62 Å². The molecule has 4 rings (SSSR count). The van der Waals surface area contributed by atoms with Crippen molar-refractivity contribution in [3.8, 4) is 0 Å².